The molecule has 1 saturated carbocycles. The number of halogens is 1. The van der Waals surface area contributed by atoms with Crippen LogP contribution in [0.4, 0.5) is 0 Å². The minimum Gasteiger partial charge on any atom is -0.507 e. The smallest absolute Gasteiger partial charge is 0.234 e. The van der Waals surface area contributed by atoms with Crippen LogP contribution in [0.2, 0.25) is 0 Å². The van der Waals surface area contributed by atoms with Gasteiger partial charge in [-0.05, 0) is 69.2 Å². The van der Waals surface area contributed by atoms with Crippen LogP contribution in [0.5, 0.6) is 5.75 Å². The van der Waals surface area contributed by atoms with Crippen molar-refractivity contribution in [3.8, 4) is 5.75 Å². The number of phenols is 1. The number of nitrogens with zero attached hydrogens (tertiary/aromatic N) is 1. The lowest BCUT2D eigenvalue weighted by molar-refractivity contribution is -0.143. The summed E-state index contributed by atoms with van der Waals surface area (Å²) < 4.78 is 0.878. The number of rotatable bonds is 8. The number of carbonyl (C=O) groups is 2. The monoisotopic (exact) mass is 559 g/mol. The van der Waals surface area contributed by atoms with E-state index in [-0.39, 0.29) is 30.2 Å². The van der Waals surface area contributed by atoms with Crippen LogP contribution in [-0.2, 0) is 9.59 Å². The number of allylic oxidation sites excluding steroid dienone is 2. The zero-order chi connectivity index (χ0) is 26.0. The van der Waals surface area contributed by atoms with Gasteiger partial charge in [0.25, 0.3) is 0 Å². The number of hydrogen-bond acceptors (Lipinski definition) is 5. The fraction of sp³-hybridized carbons (Fsp3) is 0.586. The highest BCUT2D eigenvalue weighted by Crippen LogP contribution is 2.47. The average molecular weight is 561 g/mol. The summed E-state index contributed by atoms with van der Waals surface area (Å²) in [7, 11) is 0. The second-order valence-electron chi connectivity index (χ2n) is 10.6. The van der Waals surface area contributed by atoms with E-state index >= 15 is 0 Å². The molecule has 1 aromatic rings. The first-order chi connectivity index (χ1) is 17.3. The van der Waals surface area contributed by atoms with Gasteiger partial charge in [0.1, 0.15) is 5.75 Å². The maximum absolute atomic E-state index is 13.5. The van der Waals surface area contributed by atoms with Crippen LogP contribution < -0.4 is 0 Å². The van der Waals surface area contributed by atoms with Gasteiger partial charge in [0.05, 0.1) is 24.5 Å². The van der Waals surface area contributed by atoms with Crippen molar-refractivity contribution in [2.75, 3.05) is 6.61 Å². The SMILES string of the molecule is CC/C(=C\c1cc(Br)ccc1O)CC[C@@H](O)C1=C(C)C[C@H]2C(=O)N(C3CCCCC3)C(=O)[C@H]2[C@H]1CO. The molecule has 0 bridgehead atoms. The summed E-state index contributed by atoms with van der Waals surface area (Å²) in [4.78, 5) is 28.4. The van der Waals surface area contributed by atoms with Gasteiger partial charge in [0, 0.05) is 22.0 Å². The number of aliphatic hydroxyl groups excluding tert-OH is 2. The molecule has 36 heavy (non-hydrogen) atoms. The first kappa shape index (κ1) is 27.1. The Morgan fingerprint density at radius 3 is 2.58 bits per heavy atom. The van der Waals surface area contributed by atoms with Gasteiger partial charge in [-0.25, -0.2) is 0 Å². The summed E-state index contributed by atoms with van der Waals surface area (Å²) in [6.07, 6.45) is 8.39. The Morgan fingerprint density at radius 2 is 1.92 bits per heavy atom. The van der Waals surface area contributed by atoms with Crippen LogP contribution in [0.15, 0.2) is 39.4 Å². The van der Waals surface area contributed by atoms with Gasteiger partial charge in [-0.15, -0.1) is 0 Å². The number of likely N-dealkylation sites (tertiary alicyclic amines) is 1. The van der Waals surface area contributed by atoms with E-state index in [0.29, 0.717) is 19.3 Å². The molecule has 1 aromatic carbocycles. The molecule has 6 nitrogen and oxygen atoms in total. The topological polar surface area (TPSA) is 98.1 Å². The summed E-state index contributed by atoms with van der Waals surface area (Å²) in [6.45, 7) is 3.71. The van der Waals surface area contributed by atoms with Crippen molar-refractivity contribution >= 4 is 33.8 Å². The first-order valence-corrected chi connectivity index (χ1v) is 14.1. The van der Waals surface area contributed by atoms with Crippen LogP contribution in [0.3, 0.4) is 0 Å². The van der Waals surface area contributed by atoms with E-state index in [4.69, 9.17) is 0 Å². The number of benzene rings is 1. The summed E-state index contributed by atoms with van der Waals surface area (Å²) in [5, 5.41) is 31.9. The third-order valence-corrected chi connectivity index (χ3v) is 8.89. The highest BCUT2D eigenvalue weighted by Gasteiger charge is 2.55. The molecule has 2 aliphatic carbocycles. The summed E-state index contributed by atoms with van der Waals surface area (Å²) >= 11 is 3.44. The Kier molecular flexibility index (Phi) is 8.74. The molecule has 0 spiro atoms. The Balaban J connectivity index is 1.51. The molecule has 7 heteroatoms. The van der Waals surface area contributed by atoms with Crippen LogP contribution in [0, 0.1) is 17.8 Å². The van der Waals surface area contributed by atoms with Crippen LogP contribution in [0.25, 0.3) is 6.08 Å². The van der Waals surface area contributed by atoms with Gasteiger partial charge < -0.3 is 15.3 Å². The quantitative estimate of drug-likeness (QED) is 0.294. The molecule has 2 fully saturated rings. The fourth-order valence-corrected chi connectivity index (χ4v) is 6.91. The number of amides is 2. The standard InChI is InChI=1S/C29H38BrNO5/c1-3-18(14-19-15-20(30)10-12-24(19)33)9-11-25(34)26-17(2)13-22-27(23(26)16-32)29(36)31(28(22)35)21-7-5-4-6-8-21/h10,12,14-15,21-23,25,27,32-34H,3-9,11,13,16H2,1-2H3/b18-14+/t22-,23+,25-,27-/m1/s1. The van der Waals surface area contributed by atoms with Gasteiger partial charge >= 0.3 is 0 Å². The minimum absolute atomic E-state index is 0.0240. The Hall–Kier alpha value is -1.96. The van der Waals surface area contributed by atoms with Crippen LogP contribution in [0.1, 0.15) is 77.2 Å². The molecule has 0 unspecified atom stereocenters. The van der Waals surface area contributed by atoms with Crippen molar-refractivity contribution in [2.24, 2.45) is 17.8 Å². The van der Waals surface area contributed by atoms with Crippen LogP contribution in [-0.4, -0.2) is 50.8 Å². The number of imide groups is 1. The third kappa shape index (κ3) is 5.34. The molecule has 1 saturated heterocycles. The molecule has 2 amide bonds. The molecule has 4 atom stereocenters. The van der Waals surface area contributed by atoms with Gasteiger partial charge in [0.15, 0.2) is 0 Å². The number of aliphatic hydroxyl groups is 2. The third-order valence-electron chi connectivity index (χ3n) is 8.40. The van der Waals surface area contributed by atoms with Crippen molar-refractivity contribution < 1.29 is 24.9 Å². The molecular formula is C29H38BrNO5. The Bertz CT molecular complexity index is 1060. The summed E-state index contributed by atoms with van der Waals surface area (Å²) in [5.74, 6) is -1.60. The van der Waals surface area contributed by atoms with Crippen LogP contribution >= 0.6 is 15.9 Å². The molecule has 0 radical (unpaired) electrons. The van der Waals surface area contributed by atoms with E-state index in [0.717, 1.165) is 65.3 Å². The molecule has 3 aliphatic rings. The van der Waals surface area contributed by atoms with E-state index in [1.54, 1.807) is 12.1 Å². The molecule has 4 rings (SSSR count). The highest BCUT2D eigenvalue weighted by molar-refractivity contribution is 9.10. The summed E-state index contributed by atoms with van der Waals surface area (Å²) in [6, 6.07) is 5.27. The molecular weight excluding hydrogens is 522 g/mol. The molecule has 1 aliphatic heterocycles. The van der Waals surface area contributed by atoms with E-state index < -0.39 is 23.9 Å². The van der Waals surface area contributed by atoms with Crippen molar-refractivity contribution in [2.45, 2.75) is 83.8 Å². The predicted octanol–water partition coefficient (Wildman–Crippen LogP) is 5.35. The van der Waals surface area contributed by atoms with E-state index in [2.05, 4.69) is 15.9 Å². The largest absolute Gasteiger partial charge is 0.507 e. The number of aromatic hydroxyl groups is 1. The van der Waals surface area contributed by atoms with Crippen molar-refractivity contribution in [1.82, 2.24) is 4.90 Å². The lowest BCUT2D eigenvalue weighted by Crippen LogP contribution is -2.42. The minimum atomic E-state index is -0.805. The molecule has 3 N–H and O–H groups in total. The highest BCUT2D eigenvalue weighted by atomic mass is 79.9. The second kappa shape index (κ2) is 11.6. The van der Waals surface area contributed by atoms with E-state index in [1.807, 2.05) is 26.0 Å². The van der Waals surface area contributed by atoms with Gasteiger partial charge in [-0.2, -0.15) is 0 Å². The fourth-order valence-electron chi connectivity index (χ4n) is 6.53. The molecule has 196 valence electrons. The van der Waals surface area contributed by atoms with Gasteiger partial charge in [-0.1, -0.05) is 59.3 Å². The Morgan fingerprint density at radius 1 is 1.19 bits per heavy atom. The maximum Gasteiger partial charge on any atom is 0.234 e. The predicted molar refractivity (Wildman–Crippen MR) is 143 cm³/mol. The zero-order valence-electron chi connectivity index (χ0n) is 21.3. The van der Waals surface area contributed by atoms with Crippen molar-refractivity contribution in [3.05, 3.63) is 45.0 Å². The zero-order valence-corrected chi connectivity index (χ0v) is 22.8. The number of phenolic OH excluding ortho intramolecular Hbond substituents is 1. The Labute approximate surface area is 222 Å². The van der Waals surface area contributed by atoms with E-state index in [1.165, 1.54) is 4.90 Å². The van der Waals surface area contributed by atoms with Gasteiger partial charge in [0.2, 0.25) is 11.8 Å². The summed E-state index contributed by atoms with van der Waals surface area (Å²) in [5.41, 5.74) is 3.45. The second-order valence-corrected chi connectivity index (χ2v) is 11.5. The maximum atomic E-state index is 13.5. The number of carbonyl (C=O) groups excluding carboxylic acids is 2. The van der Waals surface area contributed by atoms with Gasteiger partial charge in [-0.3, -0.25) is 14.5 Å². The first-order valence-electron chi connectivity index (χ1n) is 13.3. The van der Waals surface area contributed by atoms with E-state index in [9.17, 15) is 24.9 Å². The molecule has 1 heterocycles. The number of fused-ring (bicyclic) bond motifs is 1. The number of hydrogen-bond donors (Lipinski definition) is 3. The lowest BCUT2D eigenvalue weighted by atomic mass is 9.68. The lowest BCUT2D eigenvalue weighted by Gasteiger charge is -2.35. The van der Waals surface area contributed by atoms with Crippen molar-refractivity contribution in [1.29, 1.82) is 0 Å². The molecule has 0 aromatic heterocycles. The normalized spacial score (nSPS) is 26.5. The average Bonchev–Trinajstić information content (AvgIpc) is 3.12. The van der Waals surface area contributed by atoms with Crippen molar-refractivity contribution in [3.63, 3.8) is 0 Å².